The zero-order chi connectivity index (χ0) is 56.6. The minimum atomic E-state index is -1.93. The molecule has 3 aliphatic rings. The number of methoxy groups -OCH3 is 1. The van der Waals surface area contributed by atoms with Crippen molar-refractivity contribution in [2.45, 2.75) is 178 Å². The van der Waals surface area contributed by atoms with E-state index in [9.17, 15) is 63.9 Å². The van der Waals surface area contributed by atoms with Crippen molar-refractivity contribution < 1.29 is 78.0 Å². The van der Waals surface area contributed by atoms with E-state index in [1.165, 1.54) is 7.11 Å². The van der Waals surface area contributed by atoms with Crippen molar-refractivity contribution in [2.75, 3.05) is 33.3 Å². The maximum absolute atomic E-state index is 14.4. The van der Waals surface area contributed by atoms with Crippen LogP contribution in [-0.2, 0) is 47.7 Å². The van der Waals surface area contributed by atoms with E-state index in [0.29, 0.717) is 12.3 Å². The van der Waals surface area contributed by atoms with Gasteiger partial charge in [0, 0.05) is 45.4 Å². The molecule has 4 heterocycles. The lowest BCUT2D eigenvalue weighted by atomic mass is 9.96. The SMILES string of the molecule is CCC(C)CCCCC(=O)OC(C(C)C)C(NC(=O)C(NC(=O)NC(C(=O)O)C(C)C)C1CCN=C(N)N1)C(=O)NCCCNC(C(=O)O)C(OC1OC(CN)C(O)C1OC)C1OC(n2ccc(=O)[nH]c2=O)C(O)C1O. The molecule has 1 aromatic rings. The van der Waals surface area contributed by atoms with Crippen LogP contribution in [-0.4, -0.2) is 195 Å². The van der Waals surface area contributed by atoms with Gasteiger partial charge in [-0.05, 0) is 43.6 Å². The molecule has 3 aliphatic heterocycles. The number of aliphatic hydroxyl groups is 3. The fourth-order valence-electron chi connectivity index (χ4n) is 8.96. The van der Waals surface area contributed by atoms with Gasteiger partial charge < -0.3 is 92.6 Å². The predicted molar refractivity (Wildman–Crippen MR) is 268 cm³/mol. The van der Waals surface area contributed by atoms with Gasteiger partial charge in [0.2, 0.25) is 11.8 Å². The Morgan fingerprint density at radius 1 is 0.882 bits per heavy atom. The van der Waals surface area contributed by atoms with E-state index in [2.05, 4.69) is 50.7 Å². The second kappa shape index (κ2) is 29.7. The topological polar surface area (TPSA) is 441 Å². The van der Waals surface area contributed by atoms with Crippen LogP contribution >= 0.6 is 0 Å². The average molecular weight is 1090 g/mol. The van der Waals surface area contributed by atoms with Crippen LogP contribution in [0.2, 0.25) is 0 Å². The highest BCUT2D eigenvalue weighted by molar-refractivity contribution is 5.94. The van der Waals surface area contributed by atoms with Crippen LogP contribution in [0.5, 0.6) is 0 Å². The Labute approximate surface area is 438 Å². The first kappa shape index (κ1) is 62.7. The molecule has 16 unspecified atom stereocenters. The molecule has 2 fully saturated rings. The third-order valence-corrected chi connectivity index (χ3v) is 13.5. The van der Waals surface area contributed by atoms with E-state index in [1.54, 1.807) is 27.7 Å². The van der Waals surface area contributed by atoms with Gasteiger partial charge in [-0.15, -0.1) is 0 Å². The number of aromatic amines is 1. The fourth-order valence-corrected chi connectivity index (χ4v) is 8.96. The molecule has 76 heavy (non-hydrogen) atoms. The van der Waals surface area contributed by atoms with E-state index in [-0.39, 0.29) is 51.4 Å². The lowest BCUT2D eigenvalue weighted by Gasteiger charge is -2.34. The van der Waals surface area contributed by atoms with Crippen LogP contribution in [0.1, 0.15) is 92.7 Å². The predicted octanol–water partition coefficient (Wildman–Crippen LogP) is -3.74. The summed E-state index contributed by atoms with van der Waals surface area (Å²) in [6, 6.07) is -7.25. The molecule has 4 amide bonds. The van der Waals surface area contributed by atoms with Crippen molar-refractivity contribution in [2.24, 2.45) is 34.2 Å². The van der Waals surface area contributed by atoms with Gasteiger partial charge in [0.25, 0.3) is 5.56 Å². The number of carbonyl (C=O) groups excluding carboxylic acids is 4. The molecule has 2 saturated heterocycles. The number of urea groups is 1. The molecular formula is C47H79N11O18. The number of nitrogens with one attached hydrogen (secondary N) is 7. The minimum absolute atomic E-state index is 0.0139. The number of aliphatic imine (C=N–C) groups is 1. The maximum atomic E-state index is 14.4. The lowest BCUT2D eigenvalue weighted by molar-refractivity contribution is -0.231. The first-order valence-corrected chi connectivity index (χ1v) is 25.6. The zero-order valence-corrected chi connectivity index (χ0v) is 43.9. The number of nitrogens with two attached hydrogens (primary N) is 2. The number of aromatic nitrogens is 2. The molecule has 0 radical (unpaired) electrons. The summed E-state index contributed by atoms with van der Waals surface area (Å²) in [6.45, 7) is 10.2. The Bertz CT molecular complexity index is 2250. The number of aliphatic carboxylic acids is 2. The van der Waals surface area contributed by atoms with Crippen LogP contribution in [0.15, 0.2) is 26.8 Å². The summed E-state index contributed by atoms with van der Waals surface area (Å²) in [5, 5.41) is 69.5. The normalized spacial score (nSPS) is 26.2. The molecule has 0 aromatic carbocycles. The molecular weight excluding hydrogens is 1010 g/mol. The van der Waals surface area contributed by atoms with Gasteiger partial charge in [-0.2, -0.15) is 0 Å². The van der Waals surface area contributed by atoms with Gasteiger partial charge in [0.1, 0.15) is 73.0 Å². The van der Waals surface area contributed by atoms with Crippen LogP contribution < -0.4 is 54.6 Å². The Hall–Kier alpha value is -5.79. The number of esters is 1. The monoisotopic (exact) mass is 1090 g/mol. The summed E-state index contributed by atoms with van der Waals surface area (Å²) in [7, 11) is 1.23. The van der Waals surface area contributed by atoms with Crippen molar-refractivity contribution in [1.82, 2.24) is 41.5 Å². The molecule has 16 N–H and O–H groups in total. The summed E-state index contributed by atoms with van der Waals surface area (Å²) in [4.78, 5) is 111. The first-order valence-electron chi connectivity index (χ1n) is 25.6. The molecule has 0 bridgehead atoms. The summed E-state index contributed by atoms with van der Waals surface area (Å²) >= 11 is 0. The molecule has 0 aliphatic carbocycles. The number of unbranched alkanes of at least 4 members (excludes halogenated alkanes) is 1. The van der Waals surface area contributed by atoms with E-state index in [4.69, 9.17) is 35.2 Å². The van der Waals surface area contributed by atoms with Crippen LogP contribution in [0, 0.1) is 17.8 Å². The van der Waals surface area contributed by atoms with Gasteiger partial charge in [0.05, 0.1) is 6.04 Å². The summed E-state index contributed by atoms with van der Waals surface area (Å²) in [5.41, 5.74) is 9.95. The number of guanidine groups is 1. The largest absolute Gasteiger partial charge is 0.480 e. The van der Waals surface area contributed by atoms with Gasteiger partial charge in [0.15, 0.2) is 18.5 Å². The number of ether oxygens (including phenoxy) is 5. The minimum Gasteiger partial charge on any atom is -0.480 e. The second-order valence-electron chi connectivity index (χ2n) is 19.9. The van der Waals surface area contributed by atoms with E-state index >= 15 is 0 Å². The Kier molecular flexibility index (Phi) is 24.5. The summed E-state index contributed by atoms with van der Waals surface area (Å²) in [5.74, 6) is -6.07. The van der Waals surface area contributed by atoms with Crippen LogP contribution in [0.4, 0.5) is 4.79 Å². The van der Waals surface area contributed by atoms with E-state index < -0.39 is 150 Å². The number of H-pyrrole nitrogens is 1. The second-order valence-corrected chi connectivity index (χ2v) is 19.9. The first-order chi connectivity index (χ1) is 35.9. The maximum Gasteiger partial charge on any atom is 0.330 e. The number of carbonyl (C=O) groups is 6. The standard InChI is InChI=1S/C47H79N11O18/c1-8-23(6)12-9-10-13-27(60)74-35(22(4)5)30(55-40(65)29(24-14-18-52-45(49)53-24)57-46(70)56-28(21(2)3)42(66)67)39(64)51-17-11-16-50-31(43(68)69)36(76-44-38(72-7)32(61)25(20-48)73-44)37-33(62)34(63)41(75-37)58-19-15-26(59)54-47(58)71/h15,19,21-25,28-38,41,44,50,61-63H,8-14,16-18,20,48H2,1-7H3,(H,51,64)(H,55,65)(H,66,67)(H,68,69)(H3,49,52,53)(H,54,59,71)(H2,56,57,70). The molecule has 29 nitrogen and oxygen atoms in total. The van der Waals surface area contributed by atoms with Crippen molar-refractivity contribution in [3.8, 4) is 0 Å². The van der Waals surface area contributed by atoms with E-state index in [1.807, 2.05) is 4.98 Å². The Balaban J connectivity index is 1.59. The highest BCUT2D eigenvalue weighted by Gasteiger charge is 2.54. The molecule has 0 spiro atoms. The Morgan fingerprint density at radius 2 is 1.58 bits per heavy atom. The van der Waals surface area contributed by atoms with Gasteiger partial charge in [-0.3, -0.25) is 38.5 Å². The number of nitrogens with zero attached hydrogens (tertiary/aromatic N) is 2. The van der Waals surface area contributed by atoms with Crippen molar-refractivity contribution in [1.29, 1.82) is 0 Å². The fraction of sp³-hybridized carbons (Fsp3) is 0.766. The number of amides is 4. The lowest BCUT2D eigenvalue weighted by Crippen LogP contribution is -2.66. The summed E-state index contributed by atoms with van der Waals surface area (Å²) < 4.78 is 29.9. The van der Waals surface area contributed by atoms with Crippen LogP contribution in [0.25, 0.3) is 0 Å². The number of hydrogen-bond donors (Lipinski definition) is 14. The number of aliphatic hydroxyl groups excluding tert-OH is 3. The molecule has 29 heteroatoms. The number of rotatable bonds is 30. The quantitative estimate of drug-likeness (QED) is 0.0260. The van der Waals surface area contributed by atoms with Gasteiger partial charge in [-0.25, -0.2) is 14.4 Å². The van der Waals surface area contributed by atoms with Gasteiger partial charge in [-0.1, -0.05) is 60.8 Å². The zero-order valence-electron chi connectivity index (χ0n) is 43.9. The number of hydrogen-bond acceptors (Lipinski definition) is 21. The highest BCUT2D eigenvalue weighted by Crippen LogP contribution is 2.35. The molecule has 1 aromatic heterocycles. The highest BCUT2D eigenvalue weighted by atomic mass is 16.7. The molecule has 430 valence electrons. The third-order valence-electron chi connectivity index (χ3n) is 13.5. The molecule has 0 saturated carbocycles. The summed E-state index contributed by atoms with van der Waals surface area (Å²) in [6.07, 6.45) is -11.2. The number of carboxylic acids is 2. The molecule has 4 rings (SSSR count). The smallest absolute Gasteiger partial charge is 0.330 e. The van der Waals surface area contributed by atoms with Crippen molar-refractivity contribution >= 4 is 41.7 Å². The van der Waals surface area contributed by atoms with Crippen LogP contribution in [0.3, 0.4) is 0 Å². The van der Waals surface area contributed by atoms with Crippen molar-refractivity contribution in [3.63, 3.8) is 0 Å². The van der Waals surface area contributed by atoms with Crippen molar-refractivity contribution in [3.05, 3.63) is 33.1 Å². The molecule has 16 atom stereocenters. The number of carboxylic acid groups (broad SMARTS) is 2. The average Bonchev–Trinajstić information content (AvgIpc) is 3.83. The van der Waals surface area contributed by atoms with E-state index in [0.717, 1.165) is 36.1 Å². The third kappa shape index (κ3) is 17.1. The van der Waals surface area contributed by atoms with Gasteiger partial charge >= 0.3 is 29.6 Å². The Morgan fingerprint density at radius 3 is 2.17 bits per heavy atom.